The highest BCUT2D eigenvalue weighted by Crippen LogP contribution is 2.24. The average molecular weight is 306 g/mol. The van der Waals surface area contributed by atoms with Gasteiger partial charge in [-0.2, -0.15) is 0 Å². The van der Waals surface area contributed by atoms with Gasteiger partial charge in [-0.05, 0) is 31.0 Å². The highest BCUT2D eigenvalue weighted by Gasteiger charge is 2.18. The Morgan fingerprint density at radius 2 is 2.24 bits per heavy atom. The lowest BCUT2D eigenvalue weighted by atomic mass is 10.2. The van der Waals surface area contributed by atoms with Gasteiger partial charge in [0.25, 0.3) is 0 Å². The van der Waals surface area contributed by atoms with E-state index in [1.54, 1.807) is 11.3 Å². The molecule has 1 atom stereocenters. The maximum Gasteiger partial charge on any atom is 0.131 e. The minimum Gasteiger partial charge on any atom is -0.336 e. The smallest absolute Gasteiger partial charge is 0.131 e. The molecule has 0 aliphatic heterocycles. The second-order valence-corrected chi connectivity index (χ2v) is 6.21. The number of aryl methyl sites for hydroxylation is 1. The van der Waals surface area contributed by atoms with Gasteiger partial charge < -0.3 is 14.8 Å². The standard InChI is InChI=1S/C16H26N4S/c1-4-10-20(5-2)12-9-17-15(14-7-6-13-21-14)16-18-8-11-19(16)3/h6-8,11,13,15,17H,4-5,9-10,12H2,1-3H3. The molecule has 2 heterocycles. The number of hydrogen-bond acceptors (Lipinski definition) is 4. The van der Waals surface area contributed by atoms with Gasteiger partial charge in [-0.25, -0.2) is 4.98 Å². The van der Waals surface area contributed by atoms with E-state index in [9.17, 15) is 0 Å². The van der Waals surface area contributed by atoms with Gasteiger partial charge in [-0.1, -0.05) is 19.9 Å². The molecule has 4 nitrogen and oxygen atoms in total. The third-order valence-electron chi connectivity index (χ3n) is 3.71. The van der Waals surface area contributed by atoms with Crippen LogP contribution in [-0.2, 0) is 7.05 Å². The molecule has 0 spiro atoms. The zero-order chi connectivity index (χ0) is 15.1. The van der Waals surface area contributed by atoms with Crippen molar-refractivity contribution in [2.45, 2.75) is 26.3 Å². The van der Waals surface area contributed by atoms with Gasteiger partial charge in [0.2, 0.25) is 0 Å². The van der Waals surface area contributed by atoms with Gasteiger partial charge in [-0.15, -0.1) is 11.3 Å². The summed E-state index contributed by atoms with van der Waals surface area (Å²) >= 11 is 1.78. The number of imidazole rings is 1. The molecule has 21 heavy (non-hydrogen) atoms. The van der Waals surface area contributed by atoms with Crippen LogP contribution in [0.2, 0.25) is 0 Å². The zero-order valence-electron chi connectivity index (χ0n) is 13.2. The van der Waals surface area contributed by atoms with Crippen LogP contribution in [0.25, 0.3) is 0 Å². The molecule has 0 radical (unpaired) electrons. The van der Waals surface area contributed by atoms with Gasteiger partial charge in [0, 0.05) is 37.4 Å². The topological polar surface area (TPSA) is 33.1 Å². The fourth-order valence-electron chi connectivity index (χ4n) is 2.54. The van der Waals surface area contributed by atoms with Crippen LogP contribution >= 0.6 is 11.3 Å². The van der Waals surface area contributed by atoms with Crippen LogP contribution in [0.5, 0.6) is 0 Å². The Kier molecular flexibility index (Phi) is 6.42. The van der Waals surface area contributed by atoms with Crippen molar-refractivity contribution in [3.05, 3.63) is 40.6 Å². The van der Waals surface area contributed by atoms with Crippen molar-refractivity contribution in [2.75, 3.05) is 26.2 Å². The quantitative estimate of drug-likeness (QED) is 0.773. The highest BCUT2D eigenvalue weighted by molar-refractivity contribution is 7.10. The summed E-state index contributed by atoms with van der Waals surface area (Å²) in [6.45, 7) is 8.80. The molecule has 0 saturated carbocycles. The first kappa shape index (κ1) is 16.2. The molecule has 2 aromatic heterocycles. The maximum atomic E-state index is 4.52. The fraction of sp³-hybridized carbons (Fsp3) is 0.562. The van der Waals surface area contributed by atoms with Gasteiger partial charge in [0.15, 0.2) is 0 Å². The minimum absolute atomic E-state index is 0.185. The Hall–Kier alpha value is -1.17. The Bertz CT molecular complexity index is 506. The molecule has 116 valence electrons. The van der Waals surface area contributed by atoms with E-state index >= 15 is 0 Å². The summed E-state index contributed by atoms with van der Waals surface area (Å²) in [5, 5.41) is 5.80. The van der Waals surface area contributed by atoms with Gasteiger partial charge in [0.1, 0.15) is 11.9 Å². The van der Waals surface area contributed by atoms with Crippen LogP contribution < -0.4 is 5.32 Å². The van der Waals surface area contributed by atoms with E-state index in [2.05, 4.69) is 58.2 Å². The predicted molar refractivity (Wildman–Crippen MR) is 89.8 cm³/mol. The third kappa shape index (κ3) is 4.40. The van der Waals surface area contributed by atoms with Crippen molar-refractivity contribution in [1.29, 1.82) is 0 Å². The molecule has 0 saturated heterocycles. The van der Waals surface area contributed by atoms with Crippen molar-refractivity contribution < 1.29 is 0 Å². The molecule has 0 aliphatic carbocycles. The number of nitrogens with zero attached hydrogens (tertiary/aromatic N) is 3. The predicted octanol–water partition coefficient (Wildman–Crippen LogP) is 2.89. The average Bonchev–Trinajstić information content (AvgIpc) is 3.14. The van der Waals surface area contributed by atoms with E-state index in [-0.39, 0.29) is 6.04 Å². The molecule has 2 aromatic rings. The summed E-state index contributed by atoms with van der Waals surface area (Å²) in [4.78, 5) is 8.32. The van der Waals surface area contributed by atoms with Gasteiger partial charge in [-0.3, -0.25) is 0 Å². The largest absolute Gasteiger partial charge is 0.336 e. The van der Waals surface area contributed by atoms with E-state index in [0.29, 0.717) is 0 Å². The minimum atomic E-state index is 0.185. The van der Waals surface area contributed by atoms with Crippen molar-refractivity contribution in [3.8, 4) is 0 Å². The Morgan fingerprint density at radius 3 is 2.81 bits per heavy atom. The molecular formula is C16H26N4S. The number of hydrogen-bond donors (Lipinski definition) is 1. The highest BCUT2D eigenvalue weighted by atomic mass is 32.1. The first-order chi connectivity index (χ1) is 10.3. The van der Waals surface area contributed by atoms with Crippen molar-refractivity contribution in [3.63, 3.8) is 0 Å². The van der Waals surface area contributed by atoms with Gasteiger partial charge in [0.05, 0.1) is 0 Å². The van der Waals surface area contributed by atoms with Crippen molar-refractivity contribution in [1.82, 2.24) is 19.8 Å². The van der Waals surface area contributed by atoms with Crippen LogP contribution in [0.15, 0.2) is 29.9 Å². The SMILES string of the molecule is CCCN(CC)CCNC(c1cccs1)c1nccn1C. The van der Waals surface area contributed by atoms with Gasteiger partial charge >= 0.3 is 0 Å². The molecule has 0 fully saturated rings. The lowest BCUT2D eigenvalue weighted by Gasteiger charge is -2.22. The Morgan fingerprint density at radius 1 is 1.38 bits per heavy atom. The van der Waals surface area contributed by atoms with Crippen LogP contribution in [0.4, 0.5) is 0 Å². The lowest BCUT2D eigenvalue weighted by molar-refractivity contribution is 0.284. The van der Waals surface area contributed by atoms with Crippen LogP contribution in [-0.4, -0.2) is 40.6 Å². The Balaban J connectivity index is 2.00. The zero-order valence-corrected chi connectivity index (χ0v) is 14.1. The molecule has 2 rings (SSSR count). The molecule has 0 amide bonds. The van der Waals surface area contributed by atoms with E-state index < -0.39 is 0 Å². The number of rotatable bonds is 9. The summed E-state index contributed by atoms with van der Waals surface area (Å²) in [7, 11) is 2.06. The molecule has 0 aliphatic rings. The number of aromatic nitrogens is 2. The Labute approximate surface area is 131 Å². The number of thiophene rings is 1. The van der Waals surface area contributed by atoms with E-state index in [1.165, 1.54) is 17.8 Å². The van der Waals surface area contributed by atoms with E-state index in [4.69, 9.17) is 0 Å². The molecule has 0 bridgehead atoms. The summed E-state index contributed by atoms with van der Waals surface area (Å²) in [5.74, 6) is 1.08. The molecule has 1 unspecified atom stereocenters. The summed E-state index contributed by atoms with van der Waals surface area (Å²) in [6.07, 6.45) is 5.08. The first-order valence-electron chi connectivity index (χ1n) is 7.72. The molecule has 5 heteroatoms. The lowest BCUT2D eigenvalue weighted by Crippen LogP contribution is -2.35. The van der Waals surface area contributed by atoms with Crippen molar-refractivity contribution in [2.24, 2.45) is 7.05 Å². The molecular weight excluding hydrogens is 280 g/mol. The third-order valence-corrected chi connectivity index (χ3v) is 4.65. The van der Waals surface area contributed by atoms with Crippen molar-refractivity contribution >= 4 is 11.3 Å². The normalized spacial score (nSPS) is 13.0. The monoisotopic (exact) mass is 306 g/mol. The molecule has 1 N–H and O–H groups in total. The van der Waals surface area contributed by atoms with Crippen LogP contribution in [0, 0.1) is 0 Å². The second kappa shape index (κ2) is 8.32. The van der Waals surface area contributed by atoms with E-state index in [0.717, 1.165) is 25.5 Å². The second-order valence-electron chi connectivity index (χ2n) is 5.23. The molecule has 0 aromatic carbocycles. The summed E-state index contributed by atoms with van der Waals surface area (Å²) in [6, 6.07) is 4.47. The van der Waals surface area contributed by atoms with E-state index in [1.807, 2.05) is 12.4 Å². The van der Waals surface area contributed by atoms with Crippen LogP contribution in [0.3, 0.4) is 0 Å². The number of nitrogens with one attached hydrogen (secondary N) is 1. The summed E-state index contributed by atoms with van der Waals surface area (Å²) in [5.41, 5.74) is 0. The number of likely N-dealkylation sites (N-methyl/N-ethyl adjacent to an activating group) is 1. The summed E-state index contributed by atoms with van der Waals surface area (Å²) < 4.78 is 2.10. The maximum absolute atomic E-state index is 4.52. The first-order valence-corrected chi connectivity index (χ1v) is 8.60. The van der Waals surface area contributed by atoms with Crippen LogP contribution in [0.1, 0.15) is 37.0 Å². The fourth-order valence-corrected chi connectivity index (χ4v) is 3.34.